The molecule has 2 aromatic rings. The molecule has 1 atom stereocenters. The smallest absolute Gasteiger partial charge is 0.138 e. The van der Waals surface area contributed by atoms with E-state index < -0.39 is 0 Å². The van der Waals surface area contributed by atoms with Gasteiger partial charge in [-0.1, -0.05) is 6.07 Å². The van der Waals surface area contributed by atoms with Gasteiger partial charge in [-0.25, -0.2) is 4.98 Å². The molecule has 0 aliphatic carbocycles. The third-order valence-electron chi connectivity index (χ3n) is 2.83. The normalized spacial score (nSPS) is 12.3. The third kappa shape index (κ3) is 2.23. The summed E-state index contributed by atoms with van der Waals surface area (Å²) in [4.78, 5) is 6.46. The van der Waals surface area contributed by atoms with Gasteiger partial charge in [-0.15, -0.1) is 0 Å². The van der Waals surface area contributed by atoms with Crippen molar-refractivity contribution in [2.24, 2.45) is 5.92 Å². The number of hydrogen-bond donors (Lipinski definition) is 0. The summed E-state index contributed by atoms with van der Waals surface area (Å²) in [6.07, 6.45) is 3.74. The molecule has 0 spiro atoms. The minimum Gasteiger partial charge on any atom is -0.357 e. The molecule has 0 aromatic carbocycles. The first-order valence-electron chi connectivity index (χ1n) is 5.83. The Morgan fingerprint density at radius 3 is 3.06 bits per heavy atom. The molecule has 2 heterocycles. The first kappa shape index (κ1) is 11.5. The second-order valence-electron chi connectivity index (χ2n) is 4.11. The fourth-order valence-electron chi connectivity index (χ4n) is 1.95. The van der Waals surface area contributed by atoms with Gasteiger partial charge in [-0.05, 0) is 26.0 Å². The zero-order chi connectivity index (χ0) is 12.3. The summed E-state index contributed by atoms with van der Waals surface area (Å²) in [6.45, 7) is 5.66. The maximum Gasteiger partial charge on any atom is 0.138 e. The molecule has 4 heteroatoms. The number of hydrogen-bond acceptors (Lipinski definition) is 3. The van der Waals surface area contributed by atoms with E-state index >= 15 is 0 Å². The fourth-order valence-corrected chi connectivity index (χ4v) is 1.95. The number of rotatable bonds is 4. The maximum absolute atomic E-state index is 8.90. The molecule has 0 amide bonds. The van der Waals surface area contributed by atoms with Gasteiger partial charge in [0, 0.05) is 25.5 Å². The highest BCUT2D eigenvalue weighted by atomic mass is 15.2. The summed E-state index contributed by atoms with van der Waals surface area (Å²) >= 11 is 0. The van der Waals surface area contributed by atoms with Gasteiger partial charge in [0.2, 0.25) is 0 Å². The number of anilines is 1. The zero-order valence-electron chi connectivity index (χ0n) is 10.2. The number of imidazole rings is 1. The van der Waals surface area contributed by atoms with Gasteiger partial charge in [0.15, 0.2) is 0 Å². The average Bonchev–Trinajstić information content (AvgIpc) is 2.83. The predicted octanol–water partition coefficient (Wildman–Crippen LogP) is 2.32. The highest BCUT2D eigenvalue weighted by Gasteiger charge is 2.11. The van der Waals surface area contributed by atoms with Crippen LogP contribution in [0.2, 0.25) is 0 Å². The lowest BCUT2D eigenvalue weighted by Crippen LogP contribution is -2.29. The standard InChI is InChI=1S/C13H16N4/c1-3-16(10-11(2)9-14)13-6-4-5-12-15-7-8-17(12)13/h4-8,11H,3,10H2,1-2H3. The minimum atomic E-state index is 0.0220. The van der Waals surface area contributed by atoms with Crippen LogP contribution < -0.4 is 4.90 Å². The highest BCUT2D eigenvalue weighted by molar-refractivity contribution is 5.51. The second kappa shape index (κ2) is 4.88. The quantitative estimate of drug-likeness (QED) is 0.806. The Kier molecular flexibility index (Phi) is 3.29. The van der Waals surface area contributed by atoms with Crippen molar-refractivity contribution in [1.82, 2.24) is 9.38 Å². The molecule has 1 unspecified atom stereocenters. The van der Waals surface area contributed by atoms with Crippen molar-refractivity contribution in [1.29, 1.82) is 5.26 Å². The van der Waals surface area contributed by atoms with Crippen molar-refractivity contribution >= 4 is 11.5 Å². The molecule has 0 aliphatic heterocycles. The Morgan fingerprint density at radius 2 is 2.35 bits per heavy atom. The van der Waals surface area contributed by atoms with Crippen LogP contribution in [0.15, 0.2) is 30.6 Å². The van der Waals surface area contributed by atoms with Gasteiger partial charge in [0.25, 0.3) is 0 Å². The summed E-state index contributed by atoms with van der Waals surface area (Å²) in [5.41, 5.74) is 0.936. The maximum atomic E-state index is 8.90. The highest BCUT2D eigenvalue weighted by Crippen LogP contribution is 2.17. The zero-order valence-corrected chi connectivity index (χ0v) is 10.2. The lowest BCUT2D eigenvalue weighted by molar-refractivity contribution is 0.676. The number of fused-ring (bicyclic) bond motifs is 1. The van der Waals surface area contributed by atoms with Crippen LogP contribution in [0, 0.1) is 17.2 Å². The number of aromatic nitrogens is 2. The molecule has 0 radical (unpaired) electrons. The monoisotopic (exact) mass is 228 g/mol. The number of nitrogens with zero attached hydrogens (tertiary/aromatic N) is 4. The van der Waals surface area contributed by atoms with E-state index in [1.165, 1.54) is 0 Å². The summed E-state index contributed by atoms with van der Waals surface area (Å²) in [5, 5.41) is 8.90. The topological polar surface area (TPSA) is 44.3 Å². The molecule has 2 rings (SSSR count). The molecule has 0 aliphatic rings. The molecule has 0 saturated heterocycles. The van der Waals surface area contributed by atoms with Crippen LogP contribution in [0.25, 0.3) is 5.65 Å². The Balaban J connectivity index is 2.36. The Bertz CT molecular complexity index is 538. The van der Waals surface area contributed by atoms with E-state index in [2.05, 4.69) is 28.9 Å². The number of pyridine rings is 1. The van der Waals surface area contributed by atoms with E-state index in [0.717, 1.165) is 24.6 Å². The van der Waals surface area contributed by atoms with Crippen LogP contribution in [0.3, 0.4) is 0 Å². The van der Waals surface area contributed by atoms with Gasteiger partial charge >= 0.3 is 0 Å². The lowest BCUT2D eigenvalue weighted by Gasteiger charge is -2.24. The van der Waals surface area contributed by atoms with Crippen molar-refractivity contribution in [2.75, 3.05) is 18.0 Å². The van der Waals surface area contributed by atoms with E-state index in [4.69, 9.17) is 5.26 Å². The molecule has 4 nitrogen and oxygen atoms in total. The van der Waals surface area contributed by atoms with E-state index in [0.29, 0.717) is 0 Å². The van der Waals surface area contributed by atoms with Crippen molar-refractivity contribution in [3.63, 3.8) is 0 Å². The molecule has 2 aromatic heterocycles. The fraction of sp³-hybridized carbons (Fsp3) is 0.385. The average molecular weight is 228 g/mol. The largest absolute Gasteiger partial charge is 0.357 e. The Hall–Kier alpha value is -2.02. The second-order valence-corrected chi connectivity index (χ2v) is 4.11. The third-order valence-corrected chi connectivity index (χ3v) is 2.83. The summed E-state index contributed by atoms with van der Waals surface area (Å²) < 4.78 is 2.05. The molecule has 88 valence electrons. The van der Waals surface area contributed by atoms with E-state index in [1.807, 2.05) is 29.7 Å². The van der Waals surface area contributed by atoms with Crippen molar-refractivity contribution < 1.29 is 0 Å². The molecular formula is C13H16N4. The van der Waals surface area contributed by atoms with Crippen molar-refractivity contribution in [3.05, 3.63) is 30.6 Å². The number of nitriles is 1. The first-order valence-corrected chi connectivity index (χ1v) is 5.83. The molecule has 0 saturated carbocycles. The van der Waals surface area contributed by atoms with E-state index in [-0.39, 0.29) is 5.92 Å². The van der Waals surface area contributed by atoms with E-state index in [1.54, 1.807) is 6.20 Å². The van der Waals surface area contributed by atoms with Gasteiger partial charge in [0.1, 0.15) is 11.5 Å². The molecule has 17 heavy (non-hydrogen) atoms. The van der Waals surface area contributed by atoms with Crippen LogP contribution >= 0.6 is 0 Å². The van der Waals surface area contributed by atoms with Crippen LogP contribution in [-0.2, 0) is 0 Å². The van der Waals surface area contributed by atoms with E-state index in [9.17, 15) is 0 Å². The predicted molar refractivity (Wildman–Crippen MR) is 67.9 cm³/mol. The SMILES string of the molecule is CCN(CC(C)C#N)c1cccc2nccn12. The van der Waals surface area contributed by atoms with Gasteiger partial charge in [-0.3, -0.25) is 4.40 Å². The summed E-state index contributed by atoms with van der Waals surface area (Å²) in [5.74, 6) is 1.11. The van der Waals surface area contributed by atoms with Crippen LogP contribution in [0.4, 0.5) is 5.82 Å². The summed E-state index contributed by atoms with van der Waals surface area (Å²) in [7, 11) is 0. The first-order chi connectivity index (χ1) is 8.26. The van der Waals surface area contributed by atoms with Crippen LogP contribution in [-0.4, -0.2) is 22.5 Å². The van der Waals surface area contributed by atoms with Crippen molar-refractivity contribution in [3.8, 4) is 6.07 Å². The molecule has 0 fully saturated rings. The molecular weight excluding hydrogens is 212 g/mol. The van der Waals surface area contributed by atoms with Crippen LogP contribution in [0.1, 0.15) is 13.8 Å². The minimum absolute atomic E-state index is 0.0220. The van der Waals surface area contributed by atoms with Gasteiger partial charge in [0.05, 0.1) is 12.0 Å². The summed E-state index contributed by atoms with van der Waals surface area (Å²) in [6, 6.07) is 8.31. The van der Waals surface area contributed by atoms with Gasteiger partial charge < -0.3 is 4.90 Å². The Labute approximate surface area is 101 Å². The van der Waals surface area contributed by atoms with Gasteiger partial charge in [-0.2, -0.15) is 5.26 Å². The Morgan fingerprint density at radius 1 is 1.53 bits per heavy atom. The molecule has 0 bridgehead atoms. The lowest BCUT2D eigenvalue weighted by atomic mass is 10.2. The van der Waals surface area contributed by atoms with Crippen LogP contribution in [0.5, 0.6) is 0 Å². The van der Waals surface area contributed by atoms with Crippen molar-refractivity contribution in [2.45, 2.75) is 13.8 Å². The molecule has 0 N–H and O–H groups in total.